The summed E-state index contributed by atoms with van der Waals surface area (Å²) in [5.41, 5.74) is 2.33. The predicted molar refractivity (Wildman–Crippen MR) is 81.2 cm³/mol. The standard InChI is InChI=1S/C15H16BrNO3/c1-2-3-4-11-5-7-12(8-6-11)15(16)13-9-10-14(20-13)17(18)19/h5-10,15H,2-4H2,1H3. The van der Waals surface area contributed by atoms with Crippen molar-refractivity contribution in [2.75, 3.05) is 0 Å². The van der Waals surface area contributed by atoms with Crippen LogP contribution in [0.3, 0.4) is 0 Å². The molecule has 0 aliphatic carbocycles. The zero-order valence-corrected chi connectivity index (χ0v) is 12.8. The van der Waals surface area contributed by atoms with Crippen LogP contribution in [-0.4, -0.2) is 4.92 Å². The molecule has 0 amide bonds. The Hall–Kier alpha value is -1.62. The van der Waals surface area contributed by atoms with E-state index in [0.717, 1.165) is 12.0 Å². The van der Waals surface area contributed by atoms with Crippen molar-refractivity contribution in [2.45, 2.75) is 31.0 Å². The van der Waals surface area contributed by atoms with Crippen LogP contribution in [-0.2, 0) is 6.42 Å². The summed E-state index contributed by atoms with van der Waals surface area (Å²) in [6.45, 7) is 2.17. The first-order valence-corrected chi connectivity index (χ1v) is 7.50. The zero-order chi connectivity index (χ0) is 14.5. The first-order chi connectivity index (χ1) is 9.61. The first-order valence-electron chi connectivity index (χ1n) is 6.59. The van der Waals surface area contributed by atoms with Gasteiger partial charge in [-0.2, -0.15) is 0 Å². The number of rotatable bonds is 6. The summed E-state index contributed by atoms with van der Waals surface area (Å²) in [5.74, 6) is 0.307. The number of alkyl halides is 1. The predicted octanol–water partition coefficient (Wildman–Crippen LogP) is 5.01. The number of unbranched alkanes of at least 4 members (excludes halogenated alkanes) is 1. The molecular weight excluding hydrogens is 322 g/mol. The molecular formula is C15H16BrNO3. The van der Waals surface area contributed by atoms with Crippen LogP contribution in [0.5, 0.6) is 0 Å². The van der Waals surface area contributed by atoms with Crippen LogP contribution in [0, 0.1) is 10.1 Å². The molecule has 0 aliphatic rings. The Labute approximate surface area is 126 Å². The van der Waals surface area contributed by atoms with Crippen LogP contribution in [0.1, 0.15) is 41.5 Å². The van der Waals surface area contributed by atoms with Gasteiger partial charge in [-0.15, -0.1) is 0 Å². The van der Waals surface area contributed by atoms with Gasteiger partial charge in [-0.1, -0.05) is 53.5 Å². The van der Waals surface area contributed by atoms with Gasteiger partial charge in [-0.25, -0.2) is 0 Å². The van der Waals surface area contributed by atoms with Crippen molar-refractivity contribution in [1.82, 2.24) is 0 Å². The number of furan rings is 1. The molecule has 1 heterocycles. The third-order valence-corrected chi connectivity index (χ3v) is 4.11. The maximum absolute atomic E-state index is 10.6. The number of hydrogen-bond donors (Lipinski definition) is 0. The van der Waals surface area contributed by atoms with E-state index in [-0.39, 0.29) is 10.7 Å². The van der Waals surface area contributed by atoms with Crippen molar-refractivity contribution < 1.29 is 9.34 Å². The lowest BCUT2D eigenvalue weighted by Crippen LogP contribution is -1.92. The average molecular weight is 338 g/mol. The van der Waals surface area contributed by atoms with Gasteiger partial charge in [-0.05, 0) is 30.0 Å². The zero-order valence-electron chi connectivity index (χ0n) is 11.2. The summed E-state index contributed by atoms with van der Waals surface area (Å²) in [6.07, 6.45) is 3.44. The van der Waals surface area contributed by atoms with Gasteiger partial charge in [0.25, 0.3) is 0 Å². The summed E-state index contributed by atoms with van der Waals surface area (Å²) in [5, 5.41) is 10.6. The van der Waals surface area contributed by atoms with E-state index in [1.54, 1.807) is 6.07 Å². The monoisotopic (exact) mass is 337 g/mol. The Balaban J connectivity index is 2.11. The van der Waals surface area contributed by atoms with E-state index in [0.29, 0.717) is 5.76 Å². The number of nitro groups is 1. The maximum Gasteiger partial charge on any atom is 0.433 e. The third kappa shape index (κ3) is 3.48. The molecule has 2 rings (SSSR count). The van der Waals surface area contributed by atoms with E-state index in [2.05, 4.69) is 35.0 Å². The van der Waals surface area contributed by atoms with E-state index in [1.165, 1.54) is 24.5 Å². The van der Waals surface area contributed by atoms with Crippen molar-refractivity contribution in [3.63, 3.8) is 0 Å². The van der Waals surface area contributed by atoms with E-state index in [9.17, 15) is 10.1 Å². The summed E-state index contributed by atoms with van der Waals surface area (Å²) >= 11 is 3.52. The Morgan fingerprint density at radius 3 is 2.50 bits per heavy atom. The van der Waals surface area contributed by atoms with E-state index in [4.69, 9.17) is 4.42 Å². The summed E-state index contributed by atoms with van der Waals surface area (Å²) in [7, 11) is 0. The van der Waals surface area contributed by atoms with Gasteiger partial charge in [0.1, 0.15) is 10.7 Å². The molecule has 4 nitrogen and oxygen atoms in total. The van der Waals surface area contributed by atoms with E-state index >= 15 is 0 Å². The van der Waals surface area contributed by atoms with Gasteiger partial charge in [-0.3, -0.25) is 10.1 Å². The number of halogens is 1. The molecule has 1 aromatic heterocycles. The van der Waals surface area contributed by atoms with Crippen molar-refractivity contribution in [3.05, 3.63) is 63.4 Å². The van der Waals surface area contributed by atoms with Gasteiger partial charge in [0.2, 0.25) is 0 Å². The minimum absolute atomic E-state index is 0.170. The van der Waals surface area contributed by atoms with Gasteiger partial charge >= 0.3 is 5.88 Å². The molecule has 0 saturated heterocycles. The molecule has 1 atom stereocenters. The van der Waals surface area contributed by atoms with Crippen LogP contribution < -0.4 is 0 Å². The second kappa shape index (κ2) is 6.70. The summed E-state index contributed by atoms with van der Waals surface area (Å²) < 4.78 is 5.21. The van der Waals surface area contributed by atoms with E-state index in [1.807, 2.05) is 12.1 Å². The molecule has 0 fully saturated rings. The lowest BCUT2D eigenvalue weighted by Gasteiger charge is -2.08. The van der Waals surface area contributed by atoms with Crippen molar-refractivity contribution >= 4 is 21.8 Å². The lowest BCUT2D eigenvalue weighted by molar-refractivity contribution is -0.402. The molecule has 0 bridgehead atoms. The Morgan fingerprint density at radius 1 is 1.25 bits per heavy atom. The molecule has 2 aromatic rings. The topological polar surface area (TPSA) is 56.3 Å². The normalized spacial score (nSPS) is 12.3. The number of nitrogens with zero attached hydrogens (tertiary/aromatic N) is 1. The van der Waals surface area contributed by atoms with Gasteiger partial charge in [0.15, 0.2) is 0 Å². The highest BCUT2D eigenvalue weighted by atomic mass is 79.9. The Morgan fingerprint density at radius 2 is 1.95 bits per heavy atom. The molecule has 0 N–H and O–H groups in total. The molecule has 1 aromatic carbocycles. The van der Waals surface area contributed by atoms with Gasteiger partial charge in [0.05, 0.1) is 10.9 Å². The highest BCUT2D eigenvalue weighted by Crippen LogP contribution is 2.33. The first kappa shape index (κ1) is 14.8. The summed E-state index contributed by atoms with van der Waals surface area (Å²) in [6, 6.07) is 11.2. The van der Waals surface area contributed by atoms with Crippen LogP contribution in [0.25, 0.3) is 0 Å². The van der Waals surface area contributed by atoms with Gasteiger partial charge in [0, 0.05) is 0 Å². The molecule has 0 saturated carbocycles. The van der Waals surface area contributed by atoms with Crippen molar-refractivity contribution in [2.24, 2.45) is 0 Å². The quantitative estimate of drug-likeness (QED) is 0.422. The average Bonchev–Trinajstić information content (AvgIpc) is 2.95. The van der Waals surface area contributed by atoms with Crippen molar-refractivity contribution in [3.8, 4) is 0 Å². The van der Waals surface area contributed by atoms with Crippen LogP contribution in [0.15, 0.2) is 40.8 Å². The molecule has 106 valence electrons. The van der Waals surface area contributed by atoms with Crippen LogP contribution >= 0.6 is 15.9 Å². The fraction of sp³-hybridized carbons (Fsp3) is 0.333. The van der Waals surface area contributed by atoms with E-state index < -0.39 is 4.92 Å². The molecule has 1 unspecified atom stereocenters. The summed E-state index contributed by atoms with van der Waals surface area (Å²) in [4.78, 5) is 9.91. The highest BCUT2D eigenvalue weighted by molar-refractivity contribution is 9.09. The number of benzene rings is 1. The maximum atomic E-state index is 10.6. The Bertz CT molecular complexity index is 577. The molecule has 5 heteroatoms. The number of aryl methyl sites for hydroxylation is 1. The minimum atomic E-state index is -0.531. The molecule has 20 heavy (non-hydrogen) atoms. The minimum Gasteiger partial charge on any atom is -0.404 e. The second-order valence-electron chi connectivity index (χ2n) is 4.64. The lowest BCUT2D eigenvalue weighted by atomic mass is 10.0. The highest BCUT2D eigenvalue weighted by Gasteiger charge is 2.18. The Kier molecular flexibility index (Phi) is 4.95. The van der Waals surface area contributed by atoms with Gasteiger partial charge < -0.3 is 4.42 Å². The molecule has 0 aliphatic heterocycles. The largest absolute Gasteiger partial charge is 0.433 e. The smallest absolute Gasteiger partial charge is 0.404 e. The fourth-order valence-corrected chi connectivity index (χ4v) is 2.53. The number of hydrogen-bond acceptors (Lipinski definition) is 3. The fourth-order valence-electron chi connectivity index (χ4n) is 1.97. The molecule has 0 radical (unpaired) electrons. The SMILES string of the molecule is CCCCc1ccc(C(Br)c2ccc([N+](=O)[O-])o2)cc1. The second-order valence-corrected chi connectivity index (χ2v) is 5.56. The molecule has 0 spiro atoms. The van der Waals surface area contributed by atoms with Crippen LogP contribution in [0.2, 0.25) is 0 Å². The third-order valence-electron chi connectivity index (χ3n) is 3.13. The van der Waals surface area contributed by atoms with Crippen molar-refractivity contribution in [1.29, 1.82) is 0 Å². The van der Waals surface area contributed by atoms with Crippen LogP contribution in [0.4, 0.5) is 5.88 Å².